The summed E-state index contributed by atoms with van der Waals surface area (Å²) in [6.45, 7) is 5.24. The predicted molar refractivity (Wildman–Crippen MR) is 123 cm³/mol. The van der Waals surface area contributed by atoms with Gasteiger partial charge in [-0.3, -0.25) is 14.6 Å². The molecule has 0 bridgehead atoms. The summed E-state index contributed by atoms with van der Waals surface area (Å²) in [6, 6.07) is 9.38. The van der Waals surface area contributed by atoms with Crippen molar-refractivity contribution in [1.82, 2.24) is 4.98 Å². The van der Waals surface area contributed by atoms with Crippen LogP contribution in [0.4, 0.5) is 0 Å². The Balaban J connectivity index is 1.57. The number of Topliss-reactive ketones (excluding diaryl/α,β-unsaturated/α-hetero) is 1. The van der Waals surface area contributed by atoms with Gasteiger partial charge in [0.2, 0.25) is 0 Å². The van der Waals surface area contributed by atoms with Crippen molar-refractivity contribution in [3.05, 3.63) is 69.3 Å². The molecule has 2 aromatic carbocycles. The summed E-state index contributed by atoms with van der Waals surface area (Å²) < 4.78 is 12.3. The predicted octanol–water partition coefficient (Wildman–Crippen LogP) is 4.13. The molecule has 4 aromatic rings. The molecule has 1 atom stereocenters. The van der Waals surface area contributed by atoms with Gasteiger partial charge in [-0.25, -0.2) is 0 Å². The van der Waals surface area contributed by atoms with E-state index in [4.69, 9.17) is 14.1 Å². The van der Waals surface area contributed by atoms with Crippen molar-refractivity contribution in [3.8, 4) is 17.2 Å². The fraction of sp³-hybridized carbons (Fsp3) is 0.269. The Labute approximate surface area is 189 Å². The van der Waals surface area contributed by atoms with Crippen LogP contribution in [0.15, 0.2) is 45.6 Å². The first-order valence-electron chi connectivity index (χ1n) is 10.7. The third kappa shape index (κ3) is 3.80. The zero-order valence-corrected chi connectivity index (χ0v) is 18.6. The number of hydrogen-bond acceptors (Lipinski definition) is 7. The summed E-state index contributed by atoms with van der Waals surface area (Å²) in [4.78, 5) is 29.3. The molecule has 1 aliphatic rings. The number of pyridine rings is 1. The number of aromatic nitrogens is 1. The van der Waals surface area contributed by atoms with E-state index in [2.05, 4.69) is 0 Å². The van der Waals surface area contributed by atoms with Crippen LogP contribution in [0.5, 0.6) is 17.2 Å². The molecule has 0 saturated heterocycles. The summed E-state index contributed by atoms with van der Waals surface area (Å²) in [7, 11) is 0. The lowest BCUT2D eigenvalue weighted by Gasteiger charge is -2.35. The Bertz CT molecular complexity index is 1470. The van der Waals surface area contributed by atoms with Gasteiger partial charge in [-0.05, 0) is 49.9 Å². The fourth-order valence-corrected chi connectivity index (χ4v) is 4.80. The second-order valence-electron chi connectivity index (χ2n) is 9.09. The van der Waals surface area contributed by atoms with Gasteiger partial charge in [0, 0.05) is 48.5 Å². The molecule has 0 amide bonds. The van der Waals surface area contributed by atoms with Crippen LogP contribution in [0, 0.1) is 6.92 Å². The van der Waals surface area contributed by atoms with Crippen LogP contribution in [-0.2, 0) is 24.1 Å². The van der Waals surface area contributed by atoms with E-state index in [0.717, 1.165) is 22.2 Å². The fourth-order valence-electron chi connectivity index (χ4n) is 4.80. The number of rotatable bonds is 4. The minimum absolute atomic E-state index is 0.0329. The number of carbonyl (C=O) groups is 1. The molecule has 0 radical (unpaired) electrons. The van der Waals surface area contributed by atoms with Crippen molar-refractivity contribution in [2.45, 2.75) is 45.6 Å². The number of hydrogen-bond donors (Lipinski definition) is 2. The van der Waals surface area contributed by atoms with E-state index >= 15 is 0 Å². The smallest absolute Gasteiger partial charge is 0.193 e. The lowest BCUT2D eigenvalue weighted by atomic mass is 9.88. The number of nitrogens with zero attached hydrogens (tertiary/aromatic N) is 1. The van der Waals surface area contributed by atoms with E-state index in [9.17, 15) is 19.8 Å². The molecule has 1 unspecified atom stereocenters. The van der Waals surface area contributed by atoms with Crippen molar-refractivity contribution >= 4 is 27.5 Å². The van der Waals surface area contributed by atoms with Crippen LogP contribution in [-0.4, -0.2) is 26.6 Å². The molecular weight excluding hydrogens is 422 g/mol. The van der Waals surface area contributed by atoms with E-state index in [1.54, 1.807) is 12.1 Å². The second kappa shape index (κ2) is 7.33. The van der Waals surface area contributed by atoms with Gasteiger partial charge in [0.1, 0.15) is 40.0 Å². The van der Waals surface area contributed by atoms with Crippen LogP contribution >= 0.6 is 0 Å². The Morgan fingerprint density at radius 3 is 2.61 bits per heavy atom. The highest BCUT2D eigenvalue weighted by Gasteiger charge is 2.35. The molecule has 5 rings (SSSR count). The van der Waals surface area contributed by atoms with Crippen molar-refractivity contribution in [2.75, 3.05) is 0 Å². The number of fused-ring (bicyclic) bond motifs is 1. The van der Waals surface area contributed by atoms with E-state index in [1.807, 2.05) is 19.9 Å². The Hall–Kier alpha value is -3.87. The molecule has 33 heavy (non-hydrogen) atoms. The third-order valence-corrected chi connectivity index (χ3v) is 5.92. The summed E-state index contributed by atoms with van der Waals surface area (Å²) >= 11 is 0. The second-order valence-corrected chi connectivity index (χ2v) is 9.09. The minimum atomic E-state index is -0.781. The zero-order valence-electron chi connectivity index (χ0n) is 18.6. The number of aryl methyl sites for hydroxylation is 1. The Kier molecular flexibility index (Phi) is 4.67. The topological polar surface area (TPSA) is 110 Å². The Morgan fingerprint density at radius 2 is 1.85 bits per heavy atom. The molecule has 0 saturated carbocycles. The molecule has 7 nitrogen and oxygen atoms in total. The van der Waals surface area contributed by atoms with Crippen LogP contribution in [0.3, 0.4) is 0 Å². The Morgan fingerprint density at radius 1 is 1.09 bits per heavy atom. The summed E-state index contributed by atoms with van der Waals surface area (Å²) in [5.74, 6) is 0.832. The summed E-state index contributed by atoms with van der Waals surface area (Å²) in [6.07, 6.45) is 0.785. The zero-order chi connectivity index (χ0) is 23.5. The van der Waals surface area contributed by atoms with Crippen LogP contribution in [0.25, 0.3) is 21.7 Å². The standard InChI is InChI=1S/C26H23NO6/c1-13-4-15-6-18(30)9-23-24(15)20(27-13)12-26(3,33-23)11-19-10-21(31)25-16(5-14(2)28)7-17(29)8-22(25)32-19/h4,6-10,29-30H,5,11-12H2,1-3H3. The van der Waals surface area contributed by atoms with Gasteiger partial charge < -0.3 is 19.4 Å². The molecular formula is C26H23NO6. The maximum absolute atomic E-state index is 13.0. The first-order chi connectivity index (χ1) is 15.6. The number of carbonyl (C=O) groups excluding carboxylic acids is 1. The largest absolute Gasteiger partial charge is 0.508 e. The molecule has 2 N–H and O–H groups in total. The average molecular weight is 445 g/mol. The van der Waals surface area contributed by atoms with E-state index < -0.39 is 5.60 Å². The normalized spacial score (nSPS) is 17.3. The molecule has 3 heterocycles. The minimum Gasteiger partial charge on any atom is -0.508 e. The van der Waals surface area contributed by atoms with Crippen molar-refractivity contribution in [3.63, 3.8) is 0 Å². The van der Waals surface area contributed by atoms with E-state index in [0.29, 0.717) is 28.9 Å². The molecule has 0 fully saturated rings. The number of phenolic OH excluding ortho intramolecular Hbond substituents is 2. The van der Waals surface area contributed by atoms with Gasteiger partial charge in [0.05, 0.1) is 11.1 Å². The molecule has 7 heteroatoms. The lowest BCUT2D eigenvalue weighted by Crippen LogP contribution is -2.40. The van der Waals surface area contributed by atoms with Crippen LogP contribution in [0.2, 0.25) is 0 Å². The molecule has 168 valence electrons. The van der Waals surface area contributed by atoms with Crippen LogP contribution in [0.1, 0.15) is 36.6 Å². The lowest BCUT2D eigenvalue weighted by molar-refractivity contribution is -0.116. The molecule has 1 aliphatic heterocycles. The van der Waals surface area contributed by atoms with Gasteiger partial charge in [0.15, 0.2) is 5.43 Å². The van der Waals surface area contributed by atoms with Crippen molar-refractivity contribution < 1.29 is 24.2 Å². The number of ketones is 1. The SMILES string of the molecule is CC(=O)Cc1cc(O)cc2oc(CC3(C)Cc4nc(C)cc5cc(O)cc(c45)O3)cc(=O)c12. The molecule has 0 aliphatic carbocycles. The first kappa shape index (κ1) is 21.0. The first-order valence-corrected chi connectivity index (χ1v) is 10.7. The monoisotopic (exact) mass is 445 g/mol. The van der Waals surface area contributed by atoms with Gasteiger partial charge in [-0.15, -0.1) is 0 Å². The number of benzene rings is 2. The highest BCUT2D eigenvalue weighted by atomic mass is 16.5. The maximum atomic E-state index is 13.0. The molecule has 0 spiro atoms. The summed E-state index contributed by atoms with van der Waals surface area (Å²) in [5, 5.41) is 22.3. The van der Waals surface area contributed by atoms with E-state index in [-0.39, 0.29) is 41.1 Å². The highest BCUT2D eigenvalue weighted by molar-refractivity contribution is 5.93. The highest BCUT2D eigenvalue weighted by Crippen LogP contribution is 2.41. The van der Waals surface area contributed by atoms with Crippen LogP contribution < -0.4 is 10.2 Å². The summed E-state index contributed by atoms with van der Waals surface area (Å²) in [5.41, 5.74) is 1.30. The average Bonchev–Trinajstić information content (AvgIpc) is 2.64. The van der Waals surface area contributed by atoms with Gasteiger partial charge >= 0.3 is 0 Å². The van der Waals surface area contributed by atoms with E-state index in [1.165, 1.54) is 25.1 Å². The van der Waals surface area contributed by atoms with Crippen molar-refractivity contribution in [2.24, 2.45) is 0 Å². The number of aromatic hydroxyl groups is 2. The number of phenols is 2. The van der Waals surface area contributed by atoms with Gasteiger partial charge in [0.25, 0.3) is 0 Å². The van der Waals surface area contributed by atoms with Gasteiger partial charge in [-0.1, -0.05) is 0 Å². The number of ether oxygens (including phenoxy) is 1. The quantitative estimate of drug-likeness (QED) is 0.486. The van der Waals surface area contributed by atoms with Crippen molar-refractivity contribution in [1.29, 1.82) is 0 Å². The van der Waals surface area contributed by atoms with Gasteiger partial charge in [-0.2, -0.15) is 0 Å². The maximum Gasteiger partial charge on any atom is 0.193 e. The molecule has 2 aromatic heterocycles. The third-order valence-electron chi connectivity index (χ3n) is 5.92.